The molecule has 7 heteroatoms. The average molecular weight is 475 g/mol. The van der Waals surface area contributed by atoms with Crippen LogP contribution in [-0.2, 0) is 4.79 Å². The maximum atomic E-state index is 12.4. The van der Waals surface area contributed by atoms with E-state index < -0.39 is 0 Å². The zero-order valence-corrected chi connectivity index (χ0v) is 19.2. The third-order valence-corrected chi connectivity index (χ3v) is 5.86. The summed E-state index contributed by atoms with van der Waals surface area (Å²) >= 11 is 4.87. The smallest absolute Gasteiger partial charge is 0.264 e. The van der Waals surface area contributed by atoms with Crippen LogP contribution in [0.3, 0.4) is 0 Å². The quantitative estimate of drug-likeness (QED) is 0.534. The number of amidine groups is 1. The molecule has 1 aliphatic heterocycles. The Morgan fingerprint density at radius 1 is 1.28 bits per heavy atom. The fraction of sp³-hybridized carbons (Fsp3) is 0.273. The number of carbonyl (C=O) groups excluding carboxylic acids is 1. The SMILES string of the molecule is CCC(C)Oc1c(Br)cc(/C=C2/SC(=Nc3ccc(C)cc3)NC2=O)cc1OC. The highest BCUT2D eigenvalue weighted by atomic mass is 79.9. The van der Waals surface area contributed by atoms with Gasteiger partial charge in [0.1, 0.15) is 0 Å². The first-order chi connectivity index (χ1) is 13.9. The van der Waals surface area contributed by atoms with Crippen LogP contribution in [0.15, 0.2) is 50.8 Å². The number of methoxy groups -OCH3 is 1. The van der Waals surface area contributed by atoms with Gasteiger partial charge >= 0.3 is 0 Å². The molecule has 5 nitrogen and oxygen atoms in total. The molecule has 1 atom stereocenters. The molecule has 1 N–H and O–H groups in total. The van der Waals surface area contributed by atoms with Crippen LogP contribution in [0.25, 0.3) is 6.08 Å². The van der Waals surface area contributed by atoms with Crippen molar-refractivity contribution >= 4 is 50.5 Å². The lowest BCUT2D eigenvalue weighted by molar-refractivity contribution is -0.115. The molecule has 1 saturated heterocycles. The Labute approximate surface area is 183 Å². The summed E-state index contributed by atoms with van der Waals surface area (Å²) in [5, 5.41) is 3.38. The van der Waals surface area contributed by atoms with Gasteiger partial charge in [0.25, 0.3) is 5.91 Å². The van der Waals surface area contributed by atoms with Crippen LogP contribution in [0.5, 0.6) is 11.5 Å². The molecule has 3 rings (SSSR count). The van der Waals surface area contributed by atoms with Gasteiger partial charge in [-0.05, 0) is 83.9 Å². The number of benzene rings is 2. The summed E-state index contributed by atoms with van der Waals surface area (Å²) < 4.78 is 12.2. The first kappa shape index (κ1) is 21.5. The second kappa shape index (κ2) is 9.50. The first-order valence-electron chi connectivity index (χ1n) is 9.30. The van der Waals surface area contributed by atoms with E-state index in [1.165, 1.54) is 11.8 Å². The summed E-state index contributed by atoms with van der Waals surface area (Å²) in [6.45, 7) is 6.10. The van der Waals surface area contributed by atoms with E-state index >= 15 is 0 Å². The van der Waals surface area contributed by atoms with Gasteiger partial charge in [0.15, 0.2) is 16.7 Å². The Balaban J connectivity index is 1.85. The van der Waals surface area contributed by atoms with Crippen LogP contribution < -0.4 is 14.8 Å². The zero-order chi connectivity index (χ0) is 21.0. The highest BCUT2D eigenvalue weighted by Gasteiger charge is 2.24. The van der Waals surface area contributed by atoms with Crippen molar-refractivity contribution in [1.82, 2.24) is 5.32 Å². The fourth-order valence-electron chi connectivity index (χ4n) is 2.59. The second-order valence-electron chi connectivity index (χ2n) is 6.69. The predicted octanol–water partition coefficient (Wildman–Crippen LogP) is 5.84. The van der Waals surface area contributed by atoms with Crippen molar-refractivity contribution in [3.63, 3.8) is 0 Å². The molecule has 1 unspecified atom stereocenters. The Bertz CT molecular complexity index is 971. The van der Waals surface area contributed by atoms with Crippen LogP contribution in [0, 0.1) is 6.92 Å². The molecule has 1 heterocycles. The lowest BCUT2D eigenvalue weighted by atomic mass is 10.1. The molecule has 1 aliphatic rings. The monoisotopic (exact) mass is 474 g/mol. The van der Waals surface area contributed by atoms with Crippen LogP contribution in [0.4, 0.5) is 5.69 Å². The summed E-state index contributed by atoms with van der Waals surface area (Å²) in [5.41, 5.74) is 2.80. The van der Waals surface area contributed by atoms with Crippen molar-refractivity contribution < 1.29 is 14.3 Å². The van der Waals surface area contributed by atoms with Gasteiger partial charge in [0.05, 0.1) is 28.3 Å². The summed E-state index contributed by atoms with van der Waals surface area (Å²) in [6, 6.07) is 11.6. The first-order valence-corrected chi connectivity index (χ1v) is 10.9. The van der Waals surface area contributed by atoms with Gasteiger partial charge in [-0.25, -0.2) is 4.99 Å². The number of thioether (sulfide) groups is 1. The number of amides is 1. The number of hydrogen-bond donors (Lipinski definition) is 1. The predicted molar refractivity (Wildman–Crippen MR) is 123 cm³/mol. The third kappa shape index (κ3) is 5.42. The molecule has 1 amide bonds. The maximum absolute atomic E-state index is 12.4. The van der Waals surface area contributed by atoms with Crippen molar-refractivity contribution in [2.24, 2.45) is 4.99 Å². The van der Waals surface area contributed by atoms with Crippen molar-refractivity contribution in [2.75, 3.05) is 7.11 Å². The third-order valence-electron chi connectivity index (χ3n) is 4.36. The van der Waals surface area contributed by atoms with Gasteiger partial charge < -0.3 is 14.8 Å². The Morgan fingerprint density at radius 3 is 2.66 bits per heavy atom. The van der Waals surface area contributed by atoms with Crippen molar-refractivity contribution in [3.05, 3.63) is 56.9 Å². The van der Waals surface area contributed by atoms with E-state index in [0.717, 1.165) is 27.7 Å². The van der Waals surface area contributed by atoms with Gasteiger partial charge in [-0.1, -0.05) is 24.6 Å². The molecule has 0 aromatic heterocycles. The van der Waals surface area contributed by atoms with Crippen molar-refractivity contribution in [2.45, 2.75) is 33.3 Å². The van der Waals surface area contributed by atoms with Crippen molar-refractivity contribution in [1.29, 1.82) is 0 Å². The van der Waals surface area contributed by atoms with E-state index in [-0.39, 0.29) is 12.0 Å². The average Bonchev–Trinajstić information content (AvgIpc) is 3.04. The fourth-order valence-corrected chi connectivity index (χ4v) is 3.99. The van der Waals surface area contributed by atoms with Crippen LogP contribution in [0.2, 0.25) is 0 Å². The van der Waals surface area contributed by atoms with E-state index in [2.05, 4.69) is 33.2 Å². The normalized spacial score (nSPS) is 17.5. The highest BCUT2D eigenvalue weighted by molar-refractivity contribution is 9.10. The summed E-state index contributed by atoms with van der Waals surface area (Å²) in [4.78, 5) is 17.4. The molecule has 1 fully saturated rings. The summed E-state index contributed by atoms with van der Waals surface area (Å²) in [7, 11) is 1.60. The lowest BCUT2D eigenvalue weighted by Gasteiger charge is -2.17. The van der Waals surface area contributed by atoms with Crippen LogP contribution in [0.1, 0.15) is 31.4 Å². The Hall–Kier alpha value is -2.25. The van der Waals surface area contributed by atoms with Crippen LogP contribution in [-0.4, -0.2) is 24.3 Å². The van der Waals surface area contributed by atoms with Gasteiger partial charge in [-0.2, -0.15) is 0 Å². The molecule has 2 aromatic rings. The number of aryl methyl sites for hydroxylation is 1. The Kier molecular flexibility index (Phi) is 7.03. The number of hydrogen-bond acceptors (Lipinski definition) is 5. The topological polar surface area (TPSA) is 59.9 Å². The van der Waals surface area contributed by atoms with Gasteiger partial charge in [0, 0.05) is 0 Å². The Morgan fingerprint density at radius 2 is 2.00 bits per heavy atom. The summed E-state index contributed by atoms with van der Waals surface area (Å²) in [5.74, 6) is 1.11. The maximum Gasteiger partial charge on any atom is 0.264 e. The van der Waals surface area contributed by atoms with Crippen molar-refractivity contribution in [3.8, 4) is 11.5 Å². The number of nitrogens with zero attached hydrogens (tertiary/aromatic N) is 1. The number of carbonyl (C=O) groups is 1. The van der Waals surface area contributed by atoms with Gasteiger partial charge in [-0.3, -0.25) is 4.79 Å². The lowest BCUT2D eigenvalue weighted by Crippen LogP contribution is -2.19. The van der Waals surface area contributed by atoms with Crippen LogP contribution >= 0.6 is 27.7 Å². The molecule has 152 valence electrons. The number of halogens is 1. The van der Waals surface area contributed by atoms with E-state index in [1.54, 1.807) is 7.11 Å². The molecule has 0 saturated carbocycles. The van der Waals surface area contributed by atoms with E-state index in [4.69, 9.17) is 9.47 Å². The van der Waals surface area contributed by atoms with Gasteiger partial charge in [-0.15, -0.1) is 0 Å². The number of ether oxygens (including phenoxy) is 2. The largest absolute Gasteiger partial charge is 0.493 e. The molecule has 29 heavy (non-hydrogen) atoms. The minimum Gasteiger partial charge on any atom is -0.493 e. The molecule has 0 spiro atoms. The van der Waals surface area contributed by atoms with E-state index in [9.17, 15) is 4.79 Å². The van der Waals surface area contributed by atoms with E-state index in [0.29, 0.717) is 21.6 Å². The molecule has 2 aromatic carbocycles. The number of aliphatic imine (C=N–C) groups is 1. The zero-order valence-electron chi connectivity index (χ0n) is 16.8. The minimum absolute atomic E-state index is 0.0705. The summed E-state index contributed by atoms with van der Waals surface area (Å²) in [6.07, 6.45) is 2.78. The standard InChI is InChI=1S/C22H23BrN2O3S/c1-5-14(3)28-20-17(23)10-15(11-18(20)27-4)12-19-21(26)25-22(29-19)24-16-8-6-13(2)7-9-16/h6-12,14H,5H2,1-4H3,(H,24,25,26)/b19-12+. The number of nitrogens with one attached hydrogen (secondary N) is 1. The van der Waals surface area contributed by atoms with E-state index in [1.807, 2.05) is 56.3 Å². The molecular weight excluding hydrogens is 452 g/mol. The second-order valence-corrected chi connectivity index (χ2v) is 8.57. The molecule has 0 aliphatic carbocycles. The number of rotatable bonds is 6. The molecule has 0 bridgehead atoms. The molecular formula is C22H23BrN2O3S. The highest BCUT2D eigenvalue weighted by Crippen LogP contribution is 2.39. The molecule has 0 radical (unpaired) electrons. The minimum atomic E-state index is -0.170. The van der Waals surface area contributed by atoms with Gasteiger partial charge in [0.2, 0.25) is 0 Å².